The van der Waals surface area contributed by atoms with Crippen LogP contribution >= 0.6 is 24.0 Å². The number of benzene rings is 1. The first-order chi connectivity index (χ1) is 14.6. The first kappa shape index (κ1) is 27.1. The summed E-state index contributed by atoms with van der Waals surface area (Å²) >= 11 is 0. The molecular weight excluding hydrogens is 507 g/mol. The van der Waals surface area contributed by atoms with E-state index in [4.69, 9.17) is 19.0 Å². The number of nitrogens with zero attached hydrogens (tertiary/aromatic N) is 2. The molecule has 0 atom stereocenters. The molecule has 0 radical (unpaired) electrons. The number of hydrogen-bond acceptors (Lipinski definition) is 5. The predicted molar refractivity (Wildman–Crippen MR) is 136 cm³/mol. The first-order valence-electron chi connectivity index (χ1n) is 10.8. The first-order valence-corrected chi connectivity index (χ1v) is 10.8. The van der Waals surface area contributed by atoms with E-state index in [1.807, 2.05) is 26.8 Å². The topological polar surface area (TPSA) is 80.9 Å². The molecule has 0 bridgehead atoms. The van der Waals surface area contributed by atoms with Crippen molar-refractivity contribution in [1.29, 1.82) is 0 Å². The number of nitrogens with one attached hydrogen (secondary N) is 2. The fourth-order valence-corrected chi connectivity index (χ4v) is 3.29. The summed E-state index contributed by atoms with van der Waals surface area (Å²) in [6.07, 6.45) is 3.86. The fraction of sp³-hybridized carbons (Fsp3) is 0.565. The van der Waals surface area contributed by atoms with Gasteiger partial charge in [0.25, 0.3) is 0 Å². The average Bonchev–Trinajstić information content (AvgIpc) is 3.06. The molecule has 2 rings (SSSR count). The van der Waals surface area contributed by atoms with E-state index in [1.165, 1.54) is 11.1 Å². The standard InChI is InChI=1S/C23H36N4O3.HI/c1-6-24-23(26-15-9-11-20-17(3)27-30-18(20)4)25-14-8-10-19-12-13-21(28-5)22(16-19)29-7-2;/h12-13,16H,6-11,14-15H2,1-5H3,(H2,24,25,26);1H. The van der Waals surface area contributed by atoms with Gasteiger partial charge in [-0.25, -0.2) is 0 Å². The van der Waals surface area contributed by atoms with Crippen LogP contribution in [-0.2, 0) is 12.8 Å². The second-order valence-corrected chi connectivity index (χ2v) is 7.12. The molecule has 2 N–H and O–H groups in total. The Morgan fingerprint density at radius 1 is 1.10 bits per heavy atom. The summed E-state index contributed by atoms with van der Waals surface area (Å²) in [6, 6.07) is 6.11. The lowest BCUT2D eigenvalue weighted by atomic mass is 10.1. The van der Waals surface area contributed by atoms with Crippen LogP contribution in [0.1, 0.15) is 49.3 Å². The van der Waals surface area contributed by atoms with Crippen LogP contribution in [0, 0.1) is 13.8 Å². The minimum Gasteiger partial charge on any atom is -0.493 e. The third-order valence-electron chi connectivity index (χ3n) is 4.84. The SMILES string of the molecule is CCNC(=NCCCc1ccc(OC)c(OCC)c1)NCCCc1c(C)noc1C.I. The zero-order valence-electron chi connectivity index (χ0n) is 19.4. The van der Waals surface area contributed by atoms with Crippen molar-refractivity contribution in [2.24, 2.45) is 4.99 Å². The lowest BCUT2D eigenvalue weighted by molar-refractivity contribution is 0.310. The second kappa shape index (κ2) is 14.9. The van der Waals surface area contributed by atoms with Gasteiger partial charge in [0, 0.05) is 25.2 Å². The van der Waals surface area contributed by atoms with Crippen LogP contribution in [0.4, 0.5) is 0 Å². The molecule has 0 fully saturated rings. The third kappa shape index (κ3) is 8.96. The summed E-state index contributed by atoms with van der Waals surface area (Å²) in [5.41, 5.74) is 3.43. The van der Waals surface area contributed by atoms with Crippen molar-refractivity contribution in [2.45, 2.75) is 53.4 Å². The molecule has 0 saturated carbocycles. The van der Waals surface area contributed by atoms with Gasteiger partial charge in [0.1, 0.15) is 5.76 Å². The van der Waals surface area contributed by atoms with Gasteiger partial charge in [-0.3, -0.25) is 4.99 Å². The summed E-state index contributed by atoms with van der Waals surface area (Å²) < 4.78 is 16.2. The van der Waals surface area contributed by atoms with Crippen LogP contribution in [0.15, 0.2) is 27.7 Å². The zero-order chi connectivity index (χ0) is 21.8. The molecular formula is C23H37IN4O3. The summed E-state index contributed by atoms with van der Waals surface area (Å²) in [5.74, 6) is 3.35. The van der Waals surface area contributed by atoms with Crippen molar-refractivity contribution in [1.82, 2.24) is 15.8 Å². The van der Waals surface area contributed by atoms with Crippen LogP contribution in [-0.4, -0.2) is 44.5 Å². The maximum Gasteiger partial charge on any atom is 0.191 e. The Morgan fingerprint density at radius 3 is 2.55 bits per heavy atom. The Labute approximate surface area is 203 Å². The molecule has 31 heavy (non-hydrogen) atoms. The summed E-state index contributed by atoms with van der Waals surface area (Å²) in [5, 5.41) is 10.7. The van der Waals surface area contributed by atoms with Gasteiger partial charge in [-0.2, -0.15) is 0 Å². The normalized spacial score (nSPS) is 11.1. The van der Waals surface area contributed by atoms with Crippen LogP contribution in [0.5, 0.6) is 11.5 Å². The van der Waals surface area contributed by atoms with Crippen molar-refractivity contribution in [2.75, 3.05) is 33.4 Å². The third-order valence-corrected chi connectivity index (χ3v) is 4.84. The minimum atomic E-state index is 0. The molecule has 1 heterocycles. The maximum absolute atomic E-state index is 5.66. The van der Waals surface area contributed by atoms with Crippen LogP contribution in [0.25, 0.3) is 0 Å². The smallest absolute Gasteiger partial charge is 0.191 e. The number of aromatic nitrogens is 1. The van der Waals surface area contributed by atoms with E-state index in [0.717, 1.165) is 74.2 Å². The second-order valence-electron chi connectivity index (χ2n) is 7.12. The van der Waals surface area contributed by atoms with E-state index >= 15 is 0 Å². The van der Waals surface area contributed by atoms with Crippen LogP contribution in [0.2, 0.25) is 0 Å². The monoisotopic (exact) mass is 544 g/mol. The zero-order valence-corrected chi connectivity index (χ0v) is 21.7. The van der Waals surface area contributed by atoms with E-state index in [9.17, 15) is 0 Å². The van der Waals surface area contributed by atoms with Crippen molar-refractivity contribution in [3.8, 4) is 11.5 Å². The Morgan fingerprint density at radius 2 is 1.90 bits per heavy atom. The molecule has 1 aromatic heterocycles. The van der Waals surface area contributed by atoms with Gasteiger partial charge in [-0.05, 0) is 71.1 Å². The molecule has 7 nitrogen and oxygen atoms in total. The van der Waals surface area contributed by atoms with Gasteiger partial charge in [-0.15, -0.1) is 24.0 Å². The number of aryl methyl sites for hydroxylation is 3. The molecule has 2 aromatic rings. The molecule has 174 valence electrons. The molecule has 0 spiro atoms. The lowest BCUT2D eigenvalue weighted by Crippen LogP contribution is -2.38. The van der Waals surface area contributed by atoms with E-state index in [0.29, 0.717) is 6.61 Å². The molecule has 8 heteroatoms. The molecule has 0 aliphatic heterocycles. The minimum absolute atomic E-state index is 0. The number of ether oxygens (including phenoxy) is 2. The van der Waals surface area contributed by atoms with Crippen molar-refractivity contribution in [3.63, 3.8) is 0 Å². The van der Waals surface area contributed by atoms with Crippen molar-refractivity contribution in [3.05, 3.63) is 40.8 Å². The average molecular weight is 544 g/mol. The Hall–Kier alpha value is -1.97. The fourth-order valence-electron chi connectivity index (χ4n) is 3.29. The number of aliphatic imine (C=N–C) groups is 1. The largest absolute Gasteiger partial charge is 0.493 e. The van der Waals surface area contributed by atoms with Gasteiger partial charge < -0.3 is 24.6 Å². The quantitative estimate of drug-likeness (QED) is 0.178. The summed E-state index contributed by atoms with van der Waals surface area (Å²) in [7, 11) is 1.66. The van der Waals surface area contributed by atoms with E-state index < -0.39 is 0 Å². The highest BCUT2D eigenvalue weighted by Gasteiger charge is 2.08. The molecule has 1 aromatic carbocycles. The number of guanidine groups is 1. The van der Waals surface area contributed by atoms with Gasteiger partial charge in [0.2, 0.25) is 0 Å². The van der Waals surface area contributed by atoms with Gasteiger partial charge >= 0.3 is 0 Å². The highest BCUT2D eigenvalue weighted by atomic mass is 127. The van der Waals surface area contributed by atoms with E-state index in [2.05, 4.69) is 34.8 Å². The molecule has 0 amide bonds. The Bertz CT molecular complexity index is 789. The lowest BCUT2D eigenvalue weighted by Gasteiger charge is -2.12. The summed E-state index contributed by atoms with van der Waals surface area (Å²) in [6.45, 7) is 11.1. The molecule has 0 aliphatic rings. The van der Waals surface area contributed by atoms with Gasteiger partial charge in [0.05, 0.1) is 19.4 Å². The maximum atomic E-state index is 5.66. The highest BCUT2D eigenvalue weighted by molar-refractivity contribution is 14.0. The number of hydrogen-bond donors (Lipinski definition) is 2. The highest BCUT2D eigenvalue weighted by Crippen LogP contribution is 2.28. The van der Waals surface area contributed by atoms with Crippen molar-refractivity contribution >= 4 is 29.9 Å². The van der Waals surface area contributed by atoms with E-state index in [1.54, 1.807) is 7.11 Å². The molecule has 0 aliphatic carbocycles. The van der Waals surface area contributed by atoms with Gasteiger partial charge in [0.15, 0.2) is 17.5 Å². The Kier molecular flexibility index (Phi) is 13.0. The van der Waals surface area contributed by atoms with Crippen LogP contribution in [0.3, 0.4) is 0 Å². The van der Waals surface area contributed by atoms with Crippen LogP contribution < -0.4 is 20.1 Å². The molecule has 0 unspecified atom stereocenters. The van der Waals surface area contributed by atoms with E-state index in [-0.39, 0.29) is 24.0 Å². The number of halogens is 1. The van der Waals surface area contributed by atoms with Gasteiger partial charge in [-0.1, -0.05) is 11.2 Å². The predicted octanol–water partition coefficient (Wildman–Crippen LogP) is 4.44. The Balaban J connectivity index is 0.00000480. The molecule has 0 saturated heterocycles. The summed E-state index contributed by atoms with van der Waals surface area (Å²) in [4.78, 5) is 4.70. The number of methoxy groups -OCH3 is 1. The number of rotatable bonds is 12. The van der Waals surface area contributed by atoms with Crippen molar-refractivity contribution < 1.29 is 14.0 Å².